The number of nitrogen functional groups attached to an aromatic ring is 1. The molecule has 3 aromatic rings. The third kappa shape index (κ3) is 2.06. The lowest BCUT2D eigenvalue weighted by Gasteiger charge is -2.16. The van der Waals surface area contributed by atoms with E-state index in [4.69, 9.17) is 21.9 Å². The molecule has 3 rings (SSSR count). The third-order valence-electron chi connectivity index (χ3n) is 3.65. The van der Waals surface area contributed by atoms with Gasteiger partial charge in [-0.2, -0.15) is 0 Å². The molecule has 1 aromatic carbocycles. The van der Waals surface area contributed by atoms with Crippen molar-refractivity contribution in [2.24, 2.45) is 0 Å². The van der Waals surface area contributed by atoms with E-state index in [9.17, 15) is 4.39 Å². The van der Waals surface area contributed by atoms with Gasteiger partial charge in [0.15, 0.2) is 0 Å². The molecule has 0 bridgehead atoms. The summed E-state index contributed by atoms with van der Waals surface area (Å²) in [4.78, 5) is 4.20. The normalized spacial score (nSPS) is 13.0. The van der Waals surface area contributed by atoms with Crippen LogP contribution in [-0.4, -0.2) is 14.7 Å². The minimum atomic E-state index is -0.515. The molecule has 0 fully saturated rings. The number of benzene rings is 1. The molecule has 1 unspecified atom stereocenters. The van der Waals surface area contributed by atoms with Crippen LogP contribution in [0.1, 0.15) is 30.0 Å². The topological polar surface area (TPSA) is 69.9 Å². The van der Waals surface area contributed by atoms with Crippen LogP contribution in [0.2, 0.25) is 5.02 Å². The minimum Gasteiger partial charge on any atom is -0.369 e. The second-order valence-corrected chi connectivity index (χ2v) is 5.42. The lowest BCUT2D eigenvalue weighted by Crippen LogP contribution is -2.11. The van der Waals surface area contributed by atoms with Gasteiger partial charge in [-0.3, -0.25) is 0 Å². The van der Waals surface area contributed by atoms with E-state index in [2.05, 4.69) is 10.1 Å². The first-order chi connectivity index (χ1) is 9.90. The summed E-state index contributed by atoms with van der Waals surface area (Å²) >= 11 is 5.87. The van der Waals surface area contributed by atoms with Gasteiger partial charge in [-0.15, -0.1) is 0 Å². The number of aromatic nitrogens is 3. The number of hydrogen-bond acceptors (Lipinski definition) is 4. The lowest BCUT2D eigenvalue weighted by atomic mass is 10.1. The second kappa shape index (κ2) is 4.73. The Balaban J connectivity index is 2.25. The first kappa shape index (κ1) is 13.9. The van der Waals surface area contributed by atoms with Gasteiger partial charge in [0.05, 0.1) is 27.8 Å². The quantitative estimate of drug-likeness (QED) is 0.785. The summed E-state index contributed by atoms with van der Waals surface area (Å²) in [5, 5.41) is 3.99. The third-order valence-corrected chi connectivity index (χ3v) is 3.94. The summed E-state index contributed by atoms with van der Waals surface area (Å²) < 4.78 is 20.5. The predicted octanol–water partition coefficient (Wildman–Crippen LogP) is 3.63. The standard InChI is InChI=1S/C14H14ClFN4O/c1-6-13(8(3)21-19-6)7(2)20-12-4-9(15)10(16)5-11(12)18-14(20)17/h4-5,7H,1-3H3,(H2,17,18). The highest BCUT2D eigenvalue weighted by molar-refractivity contribution is 6.31. The zero-order valence-electron chi connectivity index (χ0n) is 11.8. The average Bonchev–Trinajstić information content (AvgIpc) is 2.89. The number of fused-ring (bicyclic) bond motifs is 1. The maximum absolute atomic E-state index is 13.5. The van der Waals surface area contributed by atoms with Gasteiger partial charge in [-0.05, 0) is 26.8 Å². The highest BCUT2D eigenvalue weighted by Gasteiger charge is 2.22. The molecule has 21 heavy (non-hydrogen) atoms. The summed E-state index contributed by atoms with van der Waals surface area (Å²) in [6.45, 7) is 5.67. The van der Waals surface area contributed by atoms with Crippen LogP contribution in [0.25, 0.3) is 11.0 Å². The number of anilines is 1. The summed E-state index contributed by atoms with van der Waals surface area (Å²) in [5.74, 6) is 0.493. The molecular weight excluding hydrogens is 295 g/mol. The van der Waals surface area contributed by atoms with E-state index in [0.717, 1.165) is 17.0 Å². The molecule has 0 aliphatic heterocycles. The van der Waals surface area contributed by atoms with Crippen molar-refractivity contribution in [3.8, 4) is 0 Å². The van der Waals surface area contributed by atoms with Crippen molar-refractivity contribution in [3.05, 3.63) is 40.0 Å². The number of rotatable bonds is 2. The molecular formula is C14H14ClFN4O. The number of halogens is 2. The van der Waals surface area contributed by atoms with E-state index in [1.54, 1.807) is 4.57 Å². The van der Waals surface area contributed by atoms with Crippen LogP contribution >= 0.6 is 11.6 Å². The van der Waals surface area contributed by atoms with Gasteiger partial charge < -0.3 is 14.8 Å². The molecule has 0 aliphatic rings. The smallest absolute Gasteiger partial charge is 0.201 e. The largest absolute Gasteiger partial charge is 0.369 e. The van der Waals surface area contributed by atoms with Crippen molar-refractivity contribution in [3.63, 3.8) is 0 Å². The predicted molar refractivity (Wildman–Crippen MR) is 78.9 cm³/mol. The van der Waals surface area contributed by atoms with Gasteiger partial charge >= 0.3 is 0 Å². The first-order valence-corrected chi connectivity index (χ1v) is 6.83. The van der Waals surface area contributed by atoms with E-state index >= 15 is 0 Å². The van der Waals surface area contributed by atoms with Crippen molar-refractivity contribution in [1.82, 2.24) is 14.7 Å². The molecule has 2 aromatic heterocycles. The van der Waals surface area contributed by atoms with Crippen LogP contribution in [-0.2, 0) is 0 Å². The van der Waals surface area contributed by atoms with Gasteiger partial charge in [0.2, 0.25) is 5.95 Å². The van der Waals surface area contributed by atoms with E-state index in [1.165, 1.54) is 12.1 Å². The SMILES string of the molecule is Cc1noc(C)c1C(C)n1c(N)nc2cc(F)c(Cl)cc21. The van der Waals surface area contributed by atoms with Crippen LogP contribution < -0.4 is 5.73 Å². The van der Waals surface area contributed by atoms with Crippen molar-refractivity contribution in [2.75, 3.05) is 5.73 Å². The Morgan fingerprint density at radius 3 is 2.71 bits per heavy atom. The second-order valence-electron chi connectivity index (χ2n) is 5.01. The maximum Gasteiger partial charge on any atom is 0.201 e. The molecule has 0 saturated heterocycles. The number of hydrogen-bond donors (Lipinski definition) is 1. The fraction of sp³-hybridized carbons (Fsp3) is 0.286. The van der Waals surface area contributed by atoms with E-state index in [-0.39, 0.29) is 11.1 Å². The number of aryl methyl sites for hydroxylation is 2. The van der Waals surface area contributed by atoms with Crippen molar-refractivity contribution < 1.29 is 8.91 Å². The zero-order chi connectivity index (χ0) is 15.3. The van der Waals surface area contributed by atoms with Crippen molar-refractivity contribution in [2.45, 2.75) is 26.8 Å². The van der Waals surface area contributed by atoms with Gasteiger partial charge in [-0.25, -0.2) is 9.37 Å². The molecule has 0 amide bonds. The Labute approximate surface area is 125 Å². The molecule has 0 radical (unpaired) electrons. The molecule has 110 valence electrons. The van der Waals surface area contributed by atoms with E-state index in [1.807, 2.05) is 20.8 Å². The molecule has 0 aliphatic carbocycles. The summed E-state index contributed by atoms with van der Waals surface area (Å²) in [6.07, 6.45) is 0. The molecule has 0 saturated carbocycles. The Hall–Kier alpha value is -2.08. The van der Waals surface area contributed by atoms with Gasteiger partial charge in [0.1, 0.15) is 11.6 Å². The van der Waals surface area contributed by atoms with Crippen LogP contribution in [0.3, 0.4) is 0 Å². The molecule has 1 atom stereocenters. The van der Waals surface area contributed by atoms with Gasteiger partial charge in [0, 0.05) is 11.6 Å². The Morgan fingerprint density at radius 1 is 1.38 bits per heavy atom. The number of nitrogens with two attached hydrogens (primary N) is 1. The Kier molecular flexibility index (Phi) is 3.13. The first-order valence-electron chi connectivity index (χ1n) is 6.45. The van der Waals surface area contributed by atoms with Crippen LogP contribution in [0.5, 0.6) is 0 Å². The van der Waals surface area contributed by atoms with E-state index in [0.29, 0.717) is 17.0 Å². The fourth-order valence-corrected chi connectivity index (χ4v) is 2.89. The molecule has 7 heteroatoms. The summed E-state index contributed by atoms with van der Waals surface area (Å²) in [6, 6.07) is 2.66. The van der Waals surface area contributed by atoms with Crippen LogP contribution in [0.4, 0.5) is 10.3 Å². The Bertz CT molecular complexity index is 820. The lowest BCUT2D eigenvalue weighted by molar-refractivity contribution is 0.391. The average molecular weight is 309 g/mol. The maximum atomic E-state index is 13.5. The minimum absolute atomic E-state index is 0.0367. The van der Waals surface area contributed by atoms with Crippen molar-refractivity contribution >= 4 is 28.6 Å². The highest BCUT2D eigenvalue weighted by atomic mass is 35.5. The number of imidazole rings is 1. The van der Waals surface area contributed by atoms with Gasteiger partial charge in [0.25, 0.3) is 0 Å². The zero-order valence-corrected chi connectivity index (χ0v) is 12.6. The Morgan fingerprint density at radius 2 is 2.10 bits per heavy atom. The fourth-order valence-electron chi connectivity index (χ4n) is 2.73. The van der Waals surface area contributed by atoms with Crippen LogP contribution in [0, 0.1) is 19.7 Å². The summed E-state index contributed by atoms with van der Waals surface area (Å²) in [7, 11) is 0. The molecule has 5 nitrogen and oxygen atoms in total. The highest BCUT2D eigenvalue weighted by Crippen LogP contribution is 2.32. The van der Waals surface area contributed by atoms with Crippen LogP contribution in [0.15, 0.2) is 16.7 Å². The molecule has 2 N–H and O–H groups in total. The van der Waals surface area contributed by atoms with E-state index < -0.39 is 5.82 Å². The molecule has 0 spiro atoms. The van der Waals surface area contributed by atoms with Crippen molar-refractivity contribution in [1.29, 1.82) is 0 Å². The van der Waals surface area contributed by atoms with Gasteiger partial charge in [-0.1, -0.05) is 16.8 Å². The monoisotopic (exact) mass is 308 g/mol. The summed E-state index contributed by atoms with van der Waals surface area (Å²) in [5.41, 5.74) is 8.85. The molecule has 2 heterocycles. The number of nitrogens with zero attached hydrogens (tertiary/aromatic N) is 3.